The van der Waals surface area contributed by atoms with Gasteiger partial charge in [0.25, 0.3) is 0 Å². The Hall–Kier alpha value is -2.84. The fraction of sp³-hybridized carbons (Fsp3) is 0.635. The standard InChI is InChI=1S/C52H89N2O6P/c1-6-8-10-12-14-16-18-20-21-22-23-24-25-26-27-28-29-30-31-32-33-34-36-38-40-42-44-46-52(56)53-50(49-60-61(57,58)59-48-47-54(3,4)5)51(55)45-43-41-39-37-35-19-17-15-13-11-9-7-2/h8,10,14,16,20-21,23-24,26-27,29-30,32-33,36,38,43,45,50-51,55H,6-7,9,11-13,15,17-19,22,25,28,31,34-35,37,39-42,44,46-49H2,1-5H3,(H-,53,56,57,58)/p+1/b10-8-,16-14-,21-20-,24-23-,27-26-,30-29-,33-32-,38-36-,45-43+. The maximum absolute atomic E-state index is 12.9. The zero-order valence-corrected chi connectivity index (χ0v) is 40.2. The Bertz CT molecular complexity index is 1350. The van der Waals surface area contributed by atoms with Crippen LogP contribution in [0.1, 0.15) is 162 Å². The normalized spacial score (nSPS) is 15.2. The molecule has 9 heteroatoms. The largest absolute Gasteiger partial charge is 0.472 e. The van der Waals surface area contributed by atoms with Crippen molar-refractivity contribution in [3.05, 3.63) is 109 Å². The van der Waals surface area contributed by atoms with Gasteiger partial charge in [-0.1, -0.05) is 181 Å². The molecule has 3 atom stereocenters. The molecular weight excluding hydrogens is 780 g/mol. The molecular formula is C52H90N2O6P+. The maximum Gasteiger partial charge on any atom is 0.472 e. The predicted molar refractivity (Wildman–Crippen MR) is 262 cm³/mol. The summed E-state index contributed by atoms with van der Waals surface area (Å²) in [5, 5.41) is 13.8. The van der Waals surface area contributed by atoms with E-state index in [-0.39, 0.29) is 19.1 Å². The number of hydrogen-bond donors (Lipinski definition) is 3. The van der Waals surface area contributed by atoms with E-state index in [2.05, 4.69) is 116 Å². The lowest BCUT2D eigenvalue weighted by Gasteiger charge is -2.25. The smallest absolute Gasteiger partial charge is 0.387 e. The molecule has 0 heterocycles. The summed E-state index contributed by atoms with van der Waals surface area (Å²) in [7, 11) is 1.52. The quantitative estimate of drug-likeness (QED) is 0.0245. The van der Waals surface area contributed by atoms with Crippen LogP contribution in [0.4, 0.5) is 0 Å². The first kappa shape index (κ1) is 58.2. The number of aliphatic hydroxyl groups excluding tert-OH is 1. The van der Waals surface area contributed by atoms with Gasteiger partial charge < -0.3 is 19.8 Å². The zero-order valence-electron chi connectivity index (χ0n) is 39.4. The van der Waals surface area contributed by atoms with Crippen LogP contribution in [0.5, 0.6) is 0 Å². The molecule has 0 aliphatic heterocycles. The summed E-state index contributed by atoms with van der Waals surface area (Å²) in [6, 6.07) is -0.876. The summed E-state index contributed by atoms with van der Waals surface area (Å²) < 4.78 is 23.5. The van der Waals surface area contributed by atoms with E-state index in [1.165, 1.54) is 51.4 Å². The second-order valence-electron chi connectivity index (χ2n) is 16.8. The lowest BCUT2D eigenvalue weighted by Crippen LogP contribution is -2.45. The molecule has 8 nitrogen and oxygen atoms in total. The molecule has 0 rings (SSSR count). The highest BCUT2D eigenvalue weighted by Gasteiger charge is 2.27. The second kappa shape index (κ2) is 42.5. The summed E-state index contributed by atoms with van der Waals surface area (Å²) in [5.41, 5.74) is 0. The van der Waals surface area contributed by atoms with E-state index in [0.717, 1.165) is 83.5 Å². The lowest BCUT2D eigenvalue weighted by atomic mass is 10.1. The van der Waals surface area contributed by atoms with Crippen LogP contribution in [0.2, 0.25) is 0 Å². The van der Waals surface area contributed by atoms with Crippen LogP contribution in [-0.4, -0.2) is 73.4 Å². The number of rotatable bonds is 41. The molecule has 61 heavy (non-hydrogen) atoms. The Morgan fingerprint density at radius 1 is 0.574 bits per heavy atom. The third kappa shape index (κ3) is 45.0. The first-order valence-corrected chi connectivity index (χ1v) is 25.3. The van der Waals surface area contributed by atoms with E-state index < -0.39 is 20.0 Å². The van der Waals surface area contributed by atoms with Crippen molar-refractivity contribution in [1.29, 1.82) is 0 Å². The predicted octanol–water partition coefficient (Wildman–Crippen LogP) is 13.7. The van der Waals surface area contributed by atoms with Crippen molar-refractivity contribution in [1.82, 2.24) is 5.32 Å². The Balaban J connectivity index is 4.43. The maximum atomic E-state index is 12.9. The van der Waals surface area contributed by atoms with Gasteiger partial charge in [0, 0.05) is 6.42 Å². The van der Waals surface area contributed by atoms with Gasteiger partial charge in [-0.15, -0.1) is 0 Å². The molecule has 3 N–H and O–H groups in total. The molecule has 1 amide bonds. The number of allylic oxidation sites excluding steroid dienone is 17. The van der Waals surface area contributed by atoms with Crippen LogP contribution >= 0.6 is 7.82 Å². The number of hydrogen-bond acceptors (Lipinski definition) is 5. The number of nitrogens with zero attached hydrogens (tertiary/aromatic N) is 1. The molecule has 0 aromatic carbocycles. The van der Waals surface area contributed by atoms with Crippen molar-refractivity contribution < 1.29 is 32.9 Å². The van der Waals surface area contributed by atoms with Crippen LogP contribution in [-0.2, 0) is 18.4 Å². The number of phosphoric acid groups is 1. The molecule has 3 unspecified atom stereocenters. The highest BCUT2D eigenvalue weighted by atomic mass is 31.2. The summed E-state index contributed by atoms with van der Waals surface area (Å²) in [6.45, 7) is 4.62. The summed E-state index contributed by atoms with van der Waals surface area (Å²) in [6.07, 6.45) is 61.7. The molecule has 0 saturated carbocycles. The van der Waals surface area contributed by atoms with Crippen LogP contribution in [0.25, 0.3) is 0 Å². The van der Waals surface area contributed by atoms with Gasteiger partial charge in [0.15, 0.2) is 0 Å². The fourth-order valence-corrected chi connectivity index (χ4v) is 6.73. The van der Waals surface area contributed by atoms with Gasteiger partial charge in [-0.2, -0.15) is 0 Å². The van der Waals surface area contributed by atoms with Crippen LogP contribution in [0, 0.1) is 0 Å². The van der Waals surface area contributed by atoms with Gasteiger partial charge >= 0.3 is 7.82 Å². The number of nitrogens with one attached hydrogen (secondary N) is 1. The van der Waals surface area contributed by atoms with E-state index in [9.17, 15) is 19.4 Å². The molecule has 0 aliphatic rings. The summed E-state index contributed by atoms with van der Waals surface area (Å²) in [5.74, 6) is -0.226. The Morgan fingerprint density at radius 2 is 0.984 bits per heavy atom. The SMILES string of the molecule is CC/C=C\C/C=C\C/C=C\C/C=C\C/C=C\C/C=C\C/C=C\C/C=C\CCCCC(=O)NC(COP(=O)(O)OCC[N+](C)(C)C)C(O)/C=C/CCCCCCCCCCCC. The number of carbonyl (C=O) groups is 1. The Labute approximate surface area is 374 Å². The number of amides is 1. The molecule has 0 radical (unpaired) electrons. The first-order valence-electron chi connectivity index (χ1n) is 23.8. The van der Waals surface area contributed by atoms with Crippen molar-refractivity contribution in [3.63, 3.8) is 0 Å². The van der Waals surface area contributed by atoms with Crippen LogP contribution in [0.3, 0.4) is 0 Å². The van der Waals surface area contributed by atoms with Gasteiger partial charge in [-0.3, -0.25) is 13.8 Å². The van der Waals surface area contributed by atoms with Gasteiger partial charge in [-0.25, -0.2) is 4.57 Å². The zero-order chi connectivity index (χ0) is 45.0. The number of likely N-dealkylation sites (N-methyl/N-ethyl adjacent to an activating group) is 1. The third-order valence-corrected chi connectivity index (χ3v) is 10.7. The topological polar surface area (TPSA) is 105 Å². The molecule has 0 bridgehead atoms. The number of quaternary nitrogens is 1. The molecule has 0 aliphatic carbocycles. The van der Waals surface area contributed by atoms with E-state index >= 15 is 0 Å². The Morgan fingerprint density at radius 3 is 1.44 bits per heavy atom. The fourth-order valence-electron chi connectivity index (χ4n) is 6.00. The van der Waals surface area contributed by atoms with Crippen molar-refractivity contribution >= 4 is 13.7 Å². The molecule has 0 aromatic rings. The third-order valence-electron chi connectivity index (χ3n) is 9.75. The van der Waals surface area contributed by atoms with Gasteiger partial charge in [0.2, 0.25) is 5.91 Å². The monoisotopic (exact) mass is 870 g/mol. The minimum absolute atomic E-state index is 0.0463. The average Bonchev–Trinajstić information content (AvgIpc) is 3.21. The van der Waals surface area contributed by atoms with E-state index in [1.54, 1.807) is 6.08 Å². The van der Waals surface area contributed by atoms with Crippen molar-refractivity contribution in [3.8, 4) is 0 Å². The first-order chi connectivity index (χ1) is 29.5. The minimum atomic E-state index is -4.36. The molecule has 0 fully saturated rings. The average molecular weight is 870 g/mol. The number of unbranched alkanes of at least 4 members (excludes halogenated alkanes) is 12. The summed E-state index contributed by atoms with van der Waals surface area (Å²) >= 11 is 0. The molecule has 0 spiro atoms. The van der Waals surface area contributed by atoms with E-state index in [0.29, 0.717) is 23.9 Å². The van der Waals surface area contributed by atoms with E-state index in [4.69, 9.17) is 9.05 Å². The molecule has 348 valence electrons. The Kier molecular flexibility index (Phi) is 40.5. The van der Waals surface area contributed by atoms with Gasteiger partial charge in [0.1, 0.15) is 13.2 Å². The van der Waals surface area contributed by atoms with Gasteiger partial charge in [0.05, 0.1) is 39.9 Å². The van der Waals surface area contributed by atoms with Crippen LogP contribution in [0.15, 0.2) is 109 Å². The highest BCUT2D eigenvalue weighted by molar-refractivity contribution is 7.47. The molecule has 0 aromatic heterocycles. The van der Waals surface area contributed by atoms with Crippen molar-refractivity contribution in [2.24, 2.45) is 0 Å². The van der Waals surface area contributed by atoms with Crippen LogP contribution < -0.4 is 5.32 Å². The number of phosphoric ester groups is 1. The molecule has 0 saturated heterocycles. The van der Waals surface area contributed by atoms with Gasteiger partial charge in [-0.05, 0) is 83.5 Å². The van der Waals surface area contributed by atoms with Crippen molar-refractivity contribution in [2.45, 2.75) is 174 Å². The number of aliphatic hydroxyl groups is 1. The summed E-state index contributed by atoms with van der Waals surface area (Å²) in [4.78, 5) is 23.1. The number of carbonyl (C=O) groups excluding carboxylic acids is 1. The highest BCUT2D eigenvalue weighted by Crippen LogP contribution is 2.43. The lowest BCUT2D eigenvalue weighted by molar-refractivity contribution is -0.870. The second-order valence-corrected chi connectivity index (χ2v) is 18.2. The minimum Gasteiger partial charge on any atom is -0.387 e. The van der Waals surface area contributed by atoms with Crippen molar-refractivity contribution in [2.75, 3.05) is 40.9 Å². The van der Waals surface area contributed by atoms with E-state index in [1.807, 2.05) is 27.2 Å².